The highest BCUT2D eigenvalue weighted by Gasteiger charge is 2.81. The number of ether oxygens (including phenoxy) is 3. The summed E-state index contributed by atoms with van der Waals surface area (Å²) < 4.78 is 18.0. The van der Waals surface area contributed by atoms with Crippen LogP contribution < -0.4 is 4.74 Å². The summed E-state index contributed by atoms with van der Waals surface area (Å²) in [5.41, 5.74) is 0.756. The van der Waals surface area contributed by atoms with Crippen molar-refractivity contribution in [2.75, 3.05) is 20.3 Å². The number of carbonyl (C=O) groups is 1. The van der Waals surface area contributed by atoms with Crippen molar-refractivity contribution in [3.8, 4) is 5.75 Å². The predicted molar refractivity (Wildman–Crippen MR) is 109 cm³/mol. The molecule has 5 aliphatic rings. The molecule has 1 aromatic rings. The average molecular weight is 392 g/mol. The highest BCUT2D eigenvalue weighted by atomic mass is 16.7. The molecule has 1 spiro atoms. The number of rotatable bonds is 2. The van der Waals surface area contributed by atoms with Crippen LogP contribution in [0, 0.1) is 22.7 Å². The Hall–Kier alpha value is -1.91. The van der Waals surface area contributed by atoms with Gasteiger partial charge in [-0.2, -0.15) is 0 Å². The van der Waals surface area contributed by atoms with Gasteiger partial charge in [-0.15, -0.1) is 0 Å². The Morgan fingerprint density at radius 3 is 2.45 bits per heavy atom. The maximum Gasteiger partial charge on any atom is 0.192 e. The molecule has 4 aliphatic carbocycles. The molecule has 2 bridgehead atoms. The van der Waals surface area contributed by atoms with Crippen molar-refractivity contribution in [3.05, 3.63) is 54.1 Å². The molecule has 5 atom stereocenters. The summed E-state index contributed by atoms with van der Waals surface area (Å²) >= 11 is 0. The summed E-state index contributed by atoms with van der Waals surface area (Å²) in [5.74, 6) is 0.154. The van der Waals surface area contributed by atoms with E-state index in [0.29, 0.717) is 13.2 Å². The Balaban J connectivity index is 1.62. The normalized spacial score (nSPS) is 43.6. The second-order valence-corrected chi connectivity index (χ2v) is 9.62. The van der Waals surface area contributed by atoms with E-state index in [1.807, 2.05) is 18.2 Å². The third-order valence-electron chi connectivity index (χ3n) is 9.01. The van der Waals surface area contributed by atoms with Crippen molar-refractivity contribution < 1.29 is 19.0 Å². The number of benzene rings is 1. The van der Waals surface area contributed by atoms with Gasteiger partial charge < -0.3 is 14.2 Å². The summed E-state index contributed by atoms with van der Waals surface area (Å²) in [6.45, 7) is 3.60. The molecule has 6 rings (SSSR count). The molecule has 0 N–H and O–H groups in total. The molecular formula is C25H28O4. The fourth-order valence-electron chi connectivity index (χ4n) is 7.90. The lowest BCUT2D eigenvalue weighted by molar-refractivity contribution is -0.200. The minimum atomic E-state index is -0.768. The van der Waals surface area contributed by atoms with E-state index in [1.165, 1.54) is 18.4 Å². The Bertz CT molecular complexity index is 925. The lowest BCUT2D eigenvalue weighted by atomic mass is 9.52. The quantitative estimate of drug-likeness (QED) is 0.708. The molecule has 0 amide bonds. The first-order chi connectivity index (χ1) is 14.0. The lowest BCUT2D eigenvalue weighted by Gasteiger charge is -2.52. The van der Waals surface area contributed by atoms with Gasteiger partial charge in [-0.25, -0.2) is 0 Å². The Morgan fingerprint density at radius 2 is 1.72 bits per heavy atom. The molecule has 0 aromatic heterocycles. The van der Waals surface area contributed by atoms with Crippen LogP contribution in [-0.4, -0.2) is 31.9 Å². The van der Waals surface area contributed by atoms with Crippen molar-refractivity contribution in [2.24, 2.45) is 22.7 Å². The number of allylic oxidation sites excluding steroid dienone is 3. The van der Waals surface area contributed by atoms with E-state index in [-0.39, 0.29) is 33.9 Å². The first-order valence-corrected chi connectivity index (χ1v) is 10.9. The van der Waals surface area contributed by atoms with Crippen LogP contribution in [0.1, 0.15) is 38.2 Å². The summed E-state index contributed by atoms with van der Waals surface area (Å²) in [7, 11) is 1.69. The molecule has 0 radical (unpaired) electrons. The summed E-state index contributed by atoms with van der Waals surface area (Å²) in [5, 5.41) is 0. The largest absolute Gasteiger partial charge is 0.497 e. The maximum atomic E-state index is 13.5. The number of ketones is 1. The van der Waals surface area contributed by atoms with E-state index in [1.54, 1.807) is 13.2 Å². The van der Waals surface area contributed by atoms with E-state index in [4.69, 9.17) is 14.2 Å². The molecular weight excluding hydrogens is 364 g/mol. The molecule has 2 saturated carbocycles. The number of methoxy groups -OCH3 is 1. The summed E-state index contributed by atoms with van der Waals surface area (Å²) in [6, 6.07) is 8.38. The van der Waals surface area contributed by atoms with Crippen molar-refractivity contribution >= 4 is 5.78 Å². The van der Waals surface area contributed by atoms with Crippen LogP contribution in [-0.2, 0) is 19.7 Å². The summed E-state index contributed by atoms with van der Waals surface area (Å²) in [4.78, 5) is 13.5. The van der Waals surface area contributed by atoms with E-state index in [9.17, 15) is 4.79 Å². The second kappa shape index (κ2) is 5.61. The standard InChI is InChI=1S/C25H28O4/c1-22-10-3-4-11-23(22)13-14-24(22,17-5-7-18(27-2)8-6-17)20-19(26)9-12-25(21(20)23)28-15-16-29-25/h5-9,12-14,20-21H,3-4,10-11,15-16H2,1-2H3/t20-,21+,22+,23+,24-/m1/s1. The van der Waals surface area contributed by atoms with Gasteiger partial charge in [-0.05, 0) is 48.1 Å². The highest BCUT2D eigenvalue weighted by molar-refractivity contribution is 5.96. The Kier molecular flexibility index (Phi) is 3.47. The second-order valence-electron chi connectivity index (χ2n) is 9.62. The van der Waals surface area contributed by atoms with Gasteiger partial charge >= 0.3 is 0 Å². The van der Waals surface area contributed by atoms with Gasteiger partial charge in [0.1, 0.15) is 5.75 Å². The smallest absolute Gasteiger partial charge is 0.192 e. The number of carbonyl (C=O) groups excluding carboxylic acids is 1. The fraction of sp³-hybridized carbons (Fsp3) is 0.560. The SMILES string of the molecule is COc1ccc([C@@]23C=C[C@@]4(CCCC[C@@]42C)[C@@H]2[C@H]3C(=O)C=CC23OCCO3)cc1. The first-order valence-electron chi connectivity index (χ1n) is 10.9. The van der Waals surface area contributed by atoms with Gasteiger partial charge in [-0.1, -0.05) is 44.1 Å². The maximum absolute atomic E-state index is 13.5. The Morgan fingerprint density at radius 1 is 1.00 bits per heavy atom. The third kappa shape index (κ3) is 1.82. The van der Waals surface area contributed by atoms with Crippen molar-refractivity contribution in [3.63, 3.8) is 0 Å². The number of hydrogen-bond acceptors (Lipinski definition) is 4. The van der Waals surface area contributed by atoms with E-state index in [0.717, 1.165) is 18.6 Å². The van der Waals surface area contributed by atoms with E-state index >= 15 is 0 Å². The molecule has 1 heterocycles. The molecule has 4 heteroatoms. The van der Waals surface area contributed by atoms with Crippen LogP contribution in [0.25, 0.3) is 0 Å². The van der Waals surface area contributed by atoms with Gasteiger partial charge in [0.05, 0.1) is 20.3 Å². The molecule has 29 heavy (non-hydrogen) atoms. The van der Waals surface area contributed by atoms with Crippen LogP contribution in [0.4, 0.5) is 0 Å². The number of hydrogen-bond donors (Lipinski definition) is 0. The molecule has 152 valence electrons. The van der Waals surface area contributed by atoms with Crippen molar-refractivity contribution in [1.82, 2.24) is 0 Å². The zero-order valence-electron chi connectivity index (χ0n) is 17.1. The predicted octanol–water partition coefficient (Wildman–Crippen LogP) is 4.20. The molecule has 0 unspecified atom stereocenters. The van der Waals surface area contributed by atoms with Gasteiger partial charge in [-0.3, -0.25) is 4.79 Å². The Labute approximate surface area is 171 Å². The average Bonchev–Trinajstić information content (AvgIpc) is 3.38. The van der Waals surface area contributed by atoms with Gasteiger partial charge in [0, 0.05) is 22.7 Å². The van der Waals surface area contributed by atoms with E-state index < -0.39 is 5.79 Å². The van der Waals surface area contributed by atoms with Crippen LogP contribution >= 0.6 is 0 Å². The fourth-order valence-corrected chi connectivity index (χ4v) is 7.90. The third-order valence-corrected chi connectivity index (χ3v) is 9.01. The zero-order chi connectivity index (χ0) is 19.9. The zero-order valence-corrected chi connectivity index (χ0v) is 17.1. The molecule has 4 nitrogen and oxygen atoms in total. The van der Waals surface area contributed by atoms with E-state index in [2.05, 4.69) is 31.2 Å². The molecule has 1 aromatic carbocycles. The van der Waals surface area contributed by atoms with Crippen LogP contribution in [0.3, 0.4) is 0 Å². The summed E-state index contributed by atoms with van der Waals surface area (Å²) in [6.07, 6.45) is 13.1. The first kappa shape index (κ1) is 17.9. The van der Waals surface area contributed by atoms with Gasteiger partial charge in [0.2, 0.25) is 0 Å². The van der Waals surface area contributed by atoms with Crippen molar-refractivity contribution in [2.45, 2.75) is 43.8 Å². The van der Waals surface area contributed by atoms with Crippen LogP contribution in [0.2, 0.25) is 0 Å². The molecule has 3 fully saturated rings. The molecule has 1 saturated heterocycles. The van der Waals surface area contributed by atoms with Crippen LogP contribution in [0.15, 0.2) is 48.6 Å². The van der Waals surface area contributed by atoms with Gasteiger partial charge in [0.15, 0.2) is 11.6 Å². The minimum absolute atomic E-state index is 0.0207. The lowest BCUT2D eigenvalue weighted by Crippen LogP contribution is -2.54. The molecule has 1 aliphatic heterocycles. The monoisotopic (exact) mass is 392 g/mol. The highest BCUT2D eigenvalue weighted by Crippen LogP contribution is 2.80. The van der Waals surface area contributed by atoms with Crippen molar-refractivity contribution in [1.29, 1.82) is 0 Å². The number of fused-ring (bicyclic) bond motifs is 3. The topological polar surface area (TPSA) is 44.8 Å². The van der Waals surface area contributed by atoms with Gasteiger partial charge in [0.25, 0.3) is 0 Å². The van der Waals surface area contributed by atoms with Crippen LogP contribution in [0.5, 0.6) is 5.75 Å². The minimum Gasteiger partial charge on any atom is -0.497 e.